The second-order valence-electron chi connectivity index (χ2n) is 13.0. The van der Waals surface area contributed by atoms with Crippen molar-refractivity contribution in [3.63, 3.8) is 0 Å². The molecule has 0 bridgehead atoms. The summed E-state index contributed by atoms with van der Waals surface area (Å²) >= 11 is 0. The molecule has 6 aliphatic rings. The van der Waals surface area contributed by atoms with Crippen molar-refractivity contribution in [1.29, 1.82) is 0 Å². The van der Waals surface area contributed by atoms with Crippen molar-refractivity contribution >= 4 is 12.1 Å². The molecular weight excluding hydrogens is 462 g/mol. The molecule has 0 aromatic heterocycles. The van der Waals surface area contributed by atoms with Crippen LogP contribution in [0.1, 0.15) is 71.6 Å². The van der Waals surface area contributed by atoms with Gasteiger partial charge in [0.05, 0.1) is 17.8 Å². The van der Waals surface area contributed by atoms with Gasteiger partial charge in [-0.2, -0.15) is 0 Å². The van der Waals surface area contributed by atoms with Crippen molar-refractivity contribution in [3.8, 4) is 0 Å². The van der Waals surface area contributed by atoms with Crippen molar-refractivity contribution in [1.82, 2.24) is 4.90 Å². The first-order valence-corrected chi connectivity index (χ1v) is 14.0. The Morgan fingerprint density at radius 3 is 2.58 bits per heavy atom. The van der Waals surface area contributed by atoms with E-state index in [0.29, 0.717) is 38.3 Å². The highest BCUT2D eigenvalue weighted by atomic mass is 16.6. The molecule has 4 saturated carbocycles. The number of esters is 1. The van der Waals surface area contributed by atoms with E-state index in [9.17, 15) is 24.9 Å². The van der Waals surface area contributed by atoms with Gasteiger partial charge in [0, 0.05) is 24.6 Å². The summed E-state index contributed by atoms with van der Waals surface area (Å²) < 4.78 is 11.1. The summed E-state index contributed by atoms with van der Waals surface area (Å²) in [4.78, 5) is 26.0. The number of likely N-dealkylation sites (tertiary alicyclic amines) is 1. The molecule has 8 nitrogen and oxygen atoms in total. The number of fused-ring (bicyclic) bond motifs is 5. The van der Waals surface area contributed by atoms with Crippen LogP contribution in [0.3, 0.4) is 0 Å². The fraction of sp³-hybridized carbons (Fsp3) is 0.857. The minimum Gasteiger partial charge on any atom is -0.458 e. The molecule has 5 fully saturated rings. The number of rotatable bonds is 2. The summed E-state index contributed by atoms with van der Waals surface area (Å²) in [6.45, 7) is 5.54. The van der Waals surface area contributed by atoms with Gasteiger partial charge < -0.3 is 29.7 Å². The summed E-state index contributed by atoms with van der Waals surface area (Å²) in [6.07, 6.45) is 7.12. The van der Waals surface area contributed by atoms with E-state index in [1.54, 1.807) is 11.0 Å². The Balaban J connectivity index is 1.19. The molecule has 8 heteroatoms. The maximum atomic E-state index is 12.6. The number of cyclic esters (lactones) is 1. The third-order valence-corrected chi connectivity index (χ3v) is 11.7. The molecule has 1 saturated heterocycles. The van der Waals surface area contributed by atoms with Gasteiger partial charge in [0.2, 0.25) is 0 Å². The standard InChI is InChI=1S/C28H41NO7/c1-26-8-5-19(36-25(33)29-10-7-18(30)14-29)12-17(26)3-4-21-22(26)13-23(31)27(2)20(6-9-28(21,27)34)16-11-24(32)35-15-16/h11,17-23,30-31,34H,3-10,12-15H2,1-2H3/t17?,18-,19?,20?,21?,22?,23?,26?,27?,28?/m0/s1. The maximum absolute atomic E-state index is 12.6. The van der Waals surface area contributed by atoms with Crippen molar-refractivity contribution in [3.05, 3.63) is 11.6 Å². The molecule has 36 heavy (non-hydrogen) atoms. The largest absolute Gasteiger partial charge is 0.458 e. The highest BCUT2D eigenvalue weighted by Gasteiger charge is 2.70. The van der Waals surface area contributed by atoms with E-state index < -0.39 is 23.2 Å². The lowest BCUT2D eigenvalue weighted by Crippen LogP contribution is -2.67. The number of carbonyl (C=O) groups is 2. The van der Waals surface area contributed by atoms with Crippen LogP contribution in [0.4, 0.5) is 4.79 Å². The Morgan fingerprint density at radius 2 is 1.89 bits per heavy atom. The number of ether oxygens (including phenoxy) is 2. The Morgan fingerprint density at radius 1 is 1.08 bits per heavy atom. The monoisotopic (exact) mass is 503 g/mol. The molecule has 4 aliphatic carbocycles. The SMILES string of the molecule is CC12CCC(OC(=O)N3CC[C@H](O)C3)CC1CCC1C2CC(O)C2(C)C(C3=CC(=O)OC3)CCC12O. The molecule has 0 aromatic rings. The summed E-state index contributed by atoms with van der Waals surface area (Å²) in [6, 6.07) is 0. The number of carbonyl (C=O) groups excluding carboxylic acids is 2. The second-order valence-corrected chi connectivity index (χ2v) is 13.0. The normalized spacial score (nSPS) is 50.1. The van der Waals surface area contributed by atoms with Gasteiger partial charge in [-0.05, 0) is 92.4 Å². The first-order valence-electron chi connectivity index (χ1n) is 14.0. The second kappa shape index (κ2) is 8.43. The fourth-order valence-electron chi connectivity index (χ4n) is 9.58. The number of nitrogens with zero attached hydrogens (tertiary/aromatic N) is 1. The predicted octanol–water partition coefficient (Wildman–Crippen LogP) is 2.79. The number of aliphatic hydroxyl groups is 3. The highest BCUT2D eigenvalue weighted by molar-refractivity contribution is 5.85. The Bertz CT molecular complexity index is 968. The van der Waals surface area contributed by atoms with Crippen LogP contribution in [-0.2, 0) is 14.3 Å². The van der Waals surface area contributed by atoms with E-state index in [2.05, 4.69) is 6.92 Å². The Kier molecular flexibility index (Phi) is 5.78. The van der Waals surface area contributed by atoms with Crippen LogP contribution < -0.4 is 0 Å². The topological polar surface area (TPSA) is 117 Å². The molecule has 2 aliphatic heterocycles. The van der Waals surface area contributed by atoms with Gasteiger partial charge >= 0.3 is 12.1 Å². The Hall–Kier alpha value is -1.64. The van der Waals surface area contributed by atoms with Crippen LogP contribution in [0.5, 0.6) is 0 Å². The van der Waals surface area contributed by atoms with Crippen LogP contribution in [0, 0.1) is 34.5 Å². The van der Waals surface area contributed by atoms with Crippen molar-refractivity contribution in [2.45, 2.75) is 95.5 Å². The van der Waals surface area contributed by atoms with E-state index >= 15 is 0 Å². The number of aliphatic hydroxyl groups excluding tert-OH is 2. The minimum absolute atomic E-state index is 0.0164. The van der Waals surface area contributed by atoms with Gasteiger partial charge in [-0.1, -0.05) is 13.8 Å². The minimum atomic E-state index is -0.972. The Labute approximate surface area is 213 Å². The van der Waals surface area contributed by atoms with E-state index in [1.807, 2.05) is 6.92 Å². The molecule has 6 rings (SSSR count). The average Bonchev–Trinajstić information content (AvgIpc) is 3.53. The molecule has 1 amide bonds. The van der Waals surface area contributed by atoms with Gasteiger partial charge in [0.25, 0.3) is 0 Å². The first kappa shape index (κ1) is 24.7. The molecule has 0 aromatic carbocycles. The van der Waals surface area contributed by atoms with Gasteiger partial charge in [-0.15, -0.1) is 0 Å². The summed E-state index contributed by atoms with van der Waals surface area (Å²) in [7, 11) is 0. The number of hydrogen-bond acceptors (Lipinski definition) is 7. The lowest BCUT2D eigenvalue weighted by molar-refractivity contribution is -0.245. The van der Waals surface area contributed by atoms with Crippen LogP contribution >= 0.6 is 0 Å². The van der Waals surface area contributed by atoms with Crippen molar-refractivity contribution < 1.29 is 34.4 Å². The highest BCUT2D eigenvalue weighted by Crippen LogP contribution is 2.70. The third kappa shape index (κ3) is 3.43. The van der Waals surface area contributed by atoms with Crippen molar-refractivity contribution in [2.24, 2.45) is 34.5 Å². The zero-order chi connectivity index (χ0) is 25.5. The van der Waals surface area contributed by atoms with E-state index in [0.717, 1.165) is 44.1 Å². The lowest BCUT2D eigenvalue weighted by Gasteiger charge is -2.65. The summed E-state index contributed by atoms with van der Waals surface area (Å²) in [5.41, 5.74) is -0.758. The first-order chi connectivity index (χ1) is 17.1. The van der Waals surface area contributed by atoms with Crippen LogP contribution in [0.2, 0.25) is 0 Å². The number of β-amino-alcohol motifs (C(OH)–C–C–N with tert-alkyl or cyclic N) is 1. The molecule has 0 spiro atoms. The molecule has 10 atom stereocenters. The molecular formula is C28H41NO7. The predicted molar refractivity (Wildman–Crippen MR) is 130 cm³/mol. The summed E-state index contributed by atoms with van der Waals surface area (Å²) in [5.74, 6) is 0.341. The van der Waals surface area contributed by atoms with Crippen LogP contribution in [-0.4, -0.2) is 75.9 Å². The van der Waals surface area contributed by atoms with Gasteiger partial charge in [-0.25, -0.2) is 9.59 Å². The lowest BCUT2D eigenvalue weighted by atomic mass is 9.42. The number of amides is 1. The molecule has 2 heterocycles. The van der Waals surface area contributed by atoms with E-state index in [-0.39, 0.29) is 47.9 Å². The average molecular weight is 504 g/mol. The number of hydrogen-bond donors (Lipinski definition) is 3. The van der Waals surface area contributed by atoms with Crippen LogP contribution in [0.25, 0.3) is 0 Å². The van der Waals surface area contributed by atoms with E-state index in [4.69, 9.17) is 9.47 Å². The van der Waals surface area contributed by atoms with Gasteiger partial charge in [-0.3, -0.25) is 0 Å². The van der Waals surface area contributed by atoms with E-state index in [1.165, 1.54) is 0 Å². The van der Waals surface area contributed by atoms with Crippen LogP contribution in [0.15, 0.2) is 11.6 Å². The smallest absolute Gasteiger partial charge is 0.410 e. The molecule has 9 unspecified atom stereocenters. The van der Waals surface area contributed by atoms with Gasteiger partial charge in [0.1, 0.15) is 12.7 Å². The third-order valence-electron chi connectivity index (χ3n) is 11.7. The molecule has 200 valence electrons. The maximum Gasteiger partial charge on any atom is 0.410 e. The zero-order valence-electron chi connectivity index (χ0n) is 21.5. The zero-order valence-corrected chi connectivity index (χ0v) is 21.5. The molecule has 0 radical (unpaired) electrons. The molecule has 3 N–H and O–H groups in total. The van der Waals surface area contributed by atoms with Gasteiger partial charge in [0.15, 0.2) is 0 Å². The summed E-state index contributed by atoms with van der Waals surface area (Å²) in [5, 5.41) is 33.7. The van der Waals surface area contributed by atoms with Crippen molar-refractivity contribution in [2.75, 3.05) is 19.7 Å². The fourth-order valence-corrected chi connectivity index (χ4v) is 9.58. The quantitative estimate of drug-likeness (QED) is 0.496.